The summed E-state index contributed by atoms with van der Waals surface area (Å²) in [6, 6.07) is -0.744. The predicted molar refractivity (Wildman–Crippen MR) is 64.2 cm³/mol. The fourth-order valence-corrected chi connectivity index (χ4v) is 2.34. The van der Waals surface area contributed by atoms with E-state index in [1.165, 1.54) is 0 Å². The Labute approximate surface area is 97.8 Å². The maximum Gasteiger partial charge on any atom is 0.321 e. The van der Waals surface area contributed by atoms with E-state index in [2.05, 4.69) is 25.7 Å². The molecule has 0 aromatic carbocycles. The number of hydrogen-bond acceptors (Lipinski definition) is 3. The lowest BCUT2D eigenvalue weighted by molar-refractivity contribution is -0.139. The number of hydrogen-bond donors (Lipinski definition) is 2. The number of aliphatic carboxylic acids is 1. The molecular weight excluding hydrogens is 204 g/mol. The number of nitrogens with zero attached hydrogens (tertiary/aromatic N) is 1. The van der Waals surface area contributed by atoms with E-state index in [9.17, 15) is 4.79 Å². The molecule has 4 heteroatoms. The molecule has 0 aromatic rings. The summed E-state index contributed by atoms with van der Waals surface area (Å²) in [5.74, 6) is -0.164. The molecule has 94 valence electrons. The monoisotopic (exact) mass is 228 g/mol. The van der Waals surface area contributed by atoms with E-state index < -0.39 is 12.0 Å². The highest BCUT2D eigenvalue weighted by Gasteiger charge is 2.29. The smallest absolute Gasteiger partial charge is 0.321 e. The fourth-order valence-electron chi connectivity index (χ4n) is 2.34. The lowest BCUT2D eigenvalue weighted by Gasteiger charge is -2.39. The highest BCUT2D eigenvalue weighted by atomic mass is 16.4. The molecule has 0 amide bonds. The molecule has 0 spiro atoms. The molecule has 1 heterocycles. The van der Waals surface area contributed by atoms with Gasteiger partial charge in [0, 0.05) is 6.54 Å². The molecule has 0 radical (unpaired) electrons. The van der Waals surface area contributed by atoms with Crippen molar-refractivity contribution in [3.05, 3.63) is 0 Å². The van der Waals surface area contributed by atoms with Crippen LogP contribution in [0.2, 0.25) is 0 Å². The molecule has 1 rings (SSSR count). The predicted octanol–water partition coefficient (Wildman–Crippen LogP) is 1.16. The van der Waals surface area contributed by atoms with Crippen LogP contribution >= 0.6 is 0 Å². The topological polar surface area (TPSA) is 66.6 Å². The van der Waals surface area contributed by atoms with Gasteiger partial charge in [-0.1, -0.05) is 20.8 Å². The maximum absolute atomic E-state index is 10.6. The van der Waals surface area contributed by atoms with Gasteiger partial charge in [-0.2, -0.15) is 0 Å². The van der Waals surface area contributed by atoms with Crippen LogP contribution in [0.1, 0.15) is 33.6 Å². The van der Waals surface area contributed by atoms with Crippen LogP contribution in [0.15, 0.2) is 0 Å². The largest absolute Gasteiger partial charge is 0.480 e. The van der Waals surface area contributed by atoms with Crippen molar-refractivity contribution in [2.75, 3.05) is 19.6 Å². The third-order valence-corrected chi connectivity index (χ3v) is 3.58. The summed E-state index contributed by atoms with van der Waals surface area (Å²) >= 11 is 0. The lowest BCUT2D eigenvalue weighted by atomic mass is 9.75. The molecule has 1 atom stereocenters. The van der Waals surface area contributed by atoms with E-state index in [4.69, 9.17) is 10.8 Å². The van der Waals surface area contributed by atoms with Crippen molar-refractivity contribution in [2.45, 2.75) is 39.7 Å². The van der Waals surface area contributed by atoms with E-state index >= 15 is 0 Å². The van der Waals surface area contributed by atoms with Crippen LogP contribution in [0, 0.1) is 11.3 Å². The maximum atomic E-state index is 10.6. The summed E-state index contributed by atoms with van der Waals surface area (Å²) in [6.45, 7) is 9.25. The van der Waals surface area contributed by atoms with Gasteiger partial charge in [-0.05, 0) is 37.3 Å². The summed E-state index contributed by atoms with van der Waals surface area (Å²) in [4.78, 5) is 12.8. The van der Waals surface area contributed by atoms with Crippen LogP contribution < -0.4 is 5.73 Å². The van der Waals surface area contributed by atoms with Crippen LogP contribution in [0.25, 0.3) is 0 Å². The van der Waals surface area contributed by atoms with Gasteiger partial charge in [0.25, 0.3) is 0 Å². The average molecular weight is 228 g/mol. The lowest BCUT2D eigenvalue weighted by Crippen LogP contribution is -2.46. The van der Waals surface area contributed by atoms with Gasteiger partial charge in [0.1, 0.15) is 6.04 Å². The van der Waals surface area contributed by atoms with E-state index in [0.717, 1.165) is 31.8 Å². The Bertz CT molecular complexity index is 240. The molecule has 1 aliphatic rings. The molecular formula is C12H24N2O2. The van der Waals surface area contributed by atoms with Crippen molar-refractivity contribution in [1.29, 1.82) is 0 Å². The average Bonchev–Trinajstić information content (AvgIpc) is 2.17. The highest BCUT2D eigenvalue weighted by molar-refractivity contribution is 5.73. The molecule has 1 aliphatic heterocycles. The number of piperidine rings is 1. The second-order valence-corrected chi connectivity index (χ2v) is 5.89. The second kappa shape index (κ2) is 5.15. The van der Waals surface area contributed by atoms with Crippen LogP contribution in [0.4, 0.5) is 0 Å². The number of likely N-dealkylation sites (tertiary alicyclic amines) is 1. The van der Waals surface area contributed by atoms with Crippen LogP contribution in [0.5, 0.6) is 0 Å². The van der Waals surface area contributed by atoms with Crippen molar-refractivity contribution < 1.29 is 9.90 Å². The first-order valence-corrected chi connectivity index (χ1v) is 6.01. The molecule has 0 aromatic heterocycles. The van der Waals surface area contributed by atoms with Gasteiger partial charge < -0.3 is 15.7 Å². The third-order valence-electron chi connectivity index (χ3n) is 3.58. The first-order valence-electron chi connectivity index (χ1n) is 6.01. The van der Waals surface area contributed by atoms with E-state index in [1.54, 1.807) is 0 Å². The van der Waals surface area contributed by atoms with Gasteiger partial charge in [0.2, 0.25) is 0 Å². The highest BCUT2D eigenvalue weighted by Crippen LogP contribution is 2.34. The zero-order chi connectivity index (χ0) is 12.3. The summed E-state index contributed by atoms with van der Waals surface area (Å²) in [5.41, 5.74) is 5.89. The Kier molecular flexibility index (Phi) is 4.33. The molecule has 4 nitrogen and oxygen atoms in total. The van der Waals surface area contributed by atoms with E-state index in [0.29, 0.717) is 12.0 Å². The summed E-state index contributed by atoms with van der Waals surface area (Å²) in [6.07, 6.45) is 2.30. The van der Waals surface area contributed by atoms with Gasteiger partial charge in [0.05, 0.1) is 0 Å². The second-order valence-electron chi connectivity index (χ2n) is 5.89. The van der Waals surface area contributed by atoms with Crippen molar-refractivity contribution in [3.63, 3.8) is 0 Å². The van der Waals surface area contributed by atoms with Crippen LogP contribution in [0.3, 0.4) is 0 Å². The summed E-state index contributed by atoms with van der Waals surface area (Å²) < 4.78 is 0. The third kappa shape index (κ3) is 3.76. The minimum absolute atomic E-state index is 0.362. The van der Waals surface area contributed by atoms with Gasteiger partial charge in [-0.25, -0.2) is 0 Å². The Balaban J connectivity index is 2.35. The zero-order valence-electron chi connectivity index (χ0n) is 10.6. The molecule has 0 bridgehead atoms. The van der Waals surface area contributed by atoms with Crippen molar-refractivity contribution >= 4 is 5.97 Å². The minimum atomic E-state index is -0.905. The van der Waals surface area contributed by atoms with Gasteiger partial charge in [0.15, 0.2) is 0 Å². The molecule has 1 unspecified atom stereocenters. The van der Waals surface area contributed by atoms with Gasteiger partial charge in [-0.15, -0.1) is 0 Å². The number of nitrogens with two attached hydrogens (primary N) is 1. The summed E-state index contributed by atoms with van der Waals surface area (Å²) in [5, 5.41) is 8.74. The Hall–Kier alpha value is -0.610. The van der Waals surface area contributed by atoms with Crippen molar-refractivity contribution in [2.24, 2.45) is 17.1 Å². The first-order chi connectivity index (χ1) is 7.30. The number of carbonyl (C=O) groups is 1. The van der Waals surface area contributed by atoms with Crippen molar-refractivity contribution in [1.82, 2.24) is 4.90 Å². The number of carboxylic acid groups (broad SMARTS) is 1. The van der Waals surface area contributed by atoms with Crippen molar-refractivity contribution in [3.8, 4) is 0 Å². The normalized spacial score (nSPS) is 22.0. The Morgan fingerprint density at radius 1 is 1.44 bits per heavy atom. The fraction of sp³-hybridized carbons (Fsp3) is 0.917. The SMILES string of the molecule is CC(C)(C)C1CCN(CC(N)C(=O)O)CC1. The van der Waals surface area contributed by atoms with Crippen LogP contribution in [-0.4, -0.2) is 41.7 Å². The van der Waals surface area contributed by atoms with E-state index in [1.807, 2.05) is 0 Å². The molecule has 0 saturated carbocycles. The molecule has 0 aliphatic carbocycles. The van der Waals surface area contributed by atoms with Gasteiger partial charge >= 0.3 is 5.97 Å². The standard InChI is InChI=1S/C12H24N2O2/c1-12(2,3)9-4-6-14(7-5-9)8-10(13)11(15)16/h9-10H,4-8,13H2,1-3H3,(H,15,16). The molecule has 16 heavy (non-hydrogen) atoms. The van der Waals surface area contributed by atoms with Gasteiger partial charge in [-0.3, -0.25) is 4.79 Å². The Morgan fingerprint density at radius 3 is 2.31 bits per heavy atom. The summed E-state index contributed by atoms with van der Waals surface area (Å²) in [7, 11) is 0. The molecule has 3 N–H and O–H groups in total. The van der Waals surface area contributed by atoms with E-state index in [-0.39, 0.29) is 0 Å². The first kappa shape index (κ1) is 13.5. The molecule has 1 fully saturated rings. The Morgan fingerprint density at radius 2 is 1.94 bits per heavy atom. The quantitative estimate of drug-likeness (QED) is 0.760. The number of rotatable bonds is 3. The zero-order valence-corrected chi connectivity index (χ0v) is 10.6. The number of carboxylic acids is 1. The minimum Gasteiger partial charge on any atom is -0.480 e. The molecule has 1 saturated heterocycles. The van der Waals surface area contributed by atoms with Crippen LogP contribution in [-0.2, 0) is 4.79 Å².